The zero-order chi connectivity index (χ0) is 28.6. The Labute approximate surface area is 226 Å². The molecule has 0 spiro atoms. The van der Waals surface area contributed by atoms with Crippen LogP contribution in [0.1, 0.15) is 61.3 Å². The van der Waals surface area contributed by atoms with Crippen LogP contribution in [0.5, 0.6) is 0 Å². The van der Waals surface area contributed by atoms with E-state index >= 15 is 0 Å². The van der Waals surface area contributed by atoms with Gasteiger partial charge in [-0.2, -0.15) is 5.10 Å². The molecule has 1 amide bonds. The Morgan fingerprint density at radius 2 is 1.90 bits per heavy atom. The molecule has 10 nitrogen and oxygen atoms in total. The van der Waals surface area contributed by atoms with Crippen LogP contribution in [-0.2, 0) is 24.3 Å². The topological polar surface area (TPSA) is 137 Å². The molecule has 1 aliphatic carbocycles. The molecule has 0 bridgehead atoms. The van der Waals surface area contributed by atoms with E-state index in [1.54, 1.807) is 30.0 Å². The summed E-state index contributed by atoms with van der Waals surface area (Å²) < 4.78 is 28.3. The van der Waals surface area contributed by atoms with E-state index in [0.29, 0.717) is 35.3 Å². The molecule has 206 valence electrons. The smallest absolute Gasteiger partial charge is 0.335 e. The van der Waals surface area contributed by atoms with Crippen LogP contribution in [0.3, 0.4) is 0 Å². The normalized spacial score (nSPS) is 14.4. The van der Waals surface area contributed by atoms with Crippen molar-refractivity contribution in [3.05, 3.63) is 99.5 Å². The highest BCUT2D eigenvalue weighted by Gasteiger charge is 2.32. The predicted molar refractivity (Wildman–Crippen MR) is 138 cm³/mol. The molecule has 1 unspecified atom stereocenters. The number of aromatic nitrogens is 3. The number of carbonyl (C=O) groups is 3. The highest BCUT2D eigenvalue weighted by molar-refractivity contribution is 5.93. The molecule has 2 aromatic carbocycles. The van der Waals surface area contributed by atoms with Crippen molar-refractivity contribution in [3.8, 4) is 0 Å². The molecule has 40 heavy (non-hydrogen) atoms. The van der Waals surface area contributed by atoms with Crippen molar-refractivity contribution in [2.45, 2.75) is 38.9 Å². The number of carboxylic acid groups (broad SMARTS) is 2. The summed E-state index contributed by atoms with van der Waals surface area (Å²) in [6, 6.07) is 9.46. The lowest BCUT2D eigenvalue weighted by Gasteiger charge is -2.28. The van der Waals surface area contributed by atoms with Gasteiger partial charge in [0.05, 0.1) is 24.0 Å². The molecule has 0 radical (unpaired) electrons. The first-order chi connectivity index (χ1) is 19.1. The van der Waals surface area contributed by atoms with E-state index in [4.69, 9.17) is 0 Å². The summed E-state index contributed by atoms with van der Waals surface area (Å²) in [6.07, 6.45) is 2.72. The van der Waals surface area contributed by atoms with Gasteiger partial charge in [-0.1, -0.05) is 12.1 Å². The van der Waals surface area contributed by atoms with Crippen molar-refractivity contribution >= 4 is 23.5 Å². The molecular weight excluding hydrogens is 524 g/mol. The van der Waals surface area contributed by atoms with E-state index in [0.717, 1.165) is 23.3 Å². The number of carboxylic acids is 2. The molecule has 4 aromatic rings. The standard InChI is InChI=1S/C28H25F2N5O5/c1-15-18-5-7-24(20(18)4-3-19(15)28(39)40)34(14-26(36)37)13-17-11-23(33-25-8-9-32-35(17)25)27(38)31-12-16-2-6-21(29)22(30)10-16/h2-4,6,8-11,24H,5,7,12-14H2,1H3,(H,31,38)(H,36,37)(H,39,40). The number of fused-ring (bicyclic) bond motifs is 2. The number of rotatable bonds is 9. The van der Waals surface area contributed by atoms with Gasteiger partial charge in [0.1, 0.15) is 5.69 Å². The monoisotopic (exact) mass is 549 g/mol. The third-order valence-electron chi connectivity index (χ3n) is 7.14. The number of amides is 1. The molecule has 1 atom stereocenters. The minimum absolute atomic E-state index is 0.0506. The fourth-order valence-corrected chi connectivity index (χ4v) is 5.26. The second-order valence-corrected chi connectivity index (χ2v) is 9.63. The molecule has 2 heterocycles. The van der Waals surface area contributed by atoms with Crippen LogP contribution in [0.4, 0.5) is 8.78 Å². The second kappa shape index (κ2) is 10.8. The van der Waals surface area contributed by atoms with Crippen LogP contribution in [0.15, 0.2) is 48.7 Å². The van der Waals surface area contributed by atoms with Crippen molar-refractivity contribution in [2.24, 2.45) is 0 Å². The van der Waals surface area contributed by atoms with Crippen molar-refractivity contribution < 1.29 is 33.4 Å². The molecule has 3 N–H and O–H groups in total. The lowest BCUT2D eigenvalue weighted by Crippen LogP contribution is -2.33. The van der Waals surface area contributed by atoms with Crippen molar-refractivity contribution in [1.29, 1.82) is 0 Å². The van der Waals surface area contributed by atoms with Gasteiger partial charge >= 0.3 is 11.9 Å². The van der Waals surface area contributed by atoms with E-state index in [-0.39, 0.29) is 36.9 Å². The van der Waals surface area contributed by atoms with Crippen molar-refractivity contribution in [2.75, 3.05) is 6.54 Å². The first-order valence-electron chi connectivity index (χ1n) is 12.5. The van der Waals surface area contributed by atoms with Gasteiger partial charge in [0.2, 0.25) is 0 Å². The van der Waals surface area contributed by atoms with Crippen LogP contribution in [0.25, 0.3) is 5.65 Å². The van der Waals surface area contributed by atoms with Gasteiger partial charge in [0.15, 0.2) is 17.3 Å². The Bertz CT molecular complexity index is 1650. The molecule has 0 saturated carbocycles. The van der Waals surface area contributed by atoms with Gasteiger partial charge < -0.3 is 15.5 Å². The maximum absolute atomic E-state index is 13.5. The SMILES string of the molecule is Cc1c(C(=O)O)ccc2c1CCC2N(CC(=O)O)Cc1cc(C(=O)NCc2ccc(F)c(F)c2)nc2ccnn12. The number of halogens is 2. The number of hydrogen-bond acceptors (Lipinski definition) is 6. The van der Waals surface area contributed by atoms with E-state index in [2.05, 4.69) is 15.4 Å². The molecule has 0 aliphatic heterocycles. The summed E-state index contributed by atoms with van der Waals surface area (Å²) in [5, 5.41) is 26.1. The number of nitrogens with zero attached hydrogens (tertiary/aromatic N) is 4. The summed E-state index contributed by atoms with van der Waals surface area (Å²) in [5.41, 5.74) is 3.97. The van der Waals surface area contributed by atoms with Gasteiger partial charge in [-0.05, 0) is 66.3 Å². The Balaban J connectivity index is 1.43. The maximum Gasteiger partial charge on any atom is 0.335 e. The van der Waals surface area contributed by atoms with Crippen LogP contribution < -0.4 is 5.32 Å². The number of aliphatic carboxylic acids is 1. The highest BCUT2D eigenvalue weighted by atomic mass is 19.2. The highest BCUT2D eigenvalue weighted by Crippen LogP contribution is 2.39. The van der Waals surface area contributed by atoms with Gasteiger partial charge in [0, 0.05) is 25.2 Å². The van der Waals surface area contributed by atoms with Crippen LogP contribution in [-0.4, -0.2) is 54.1 Å². The number of carbonyl (C=O) groups excluding carboxylic acids is 1. The summed E-state index contributed by atoms with van der Waals surface area (Å²) >= 11 is 0. The molecule has 0 fully saturated rings. The number of aromatic carboxylic acids is 1. The van der Waals surface area contributed by atoms with Gasteiger partial charge in [-0.3, -0.25) is 14.5 Å². The molecule has 0 saturated heterocycles. The van der Waals surface area contributed by atoms with E-state index in [1.807, 2.05) is 0 Å². The van der Waals surface area contributed by atoms with Crippen LogP contribution >= 0.6 is 0 Å². The number of nitrogens with one attached hydrogen (secondary N) is 1. The van der Waals surface area contributed by atoms with Crippen molar-refractivity contribution in [3.63, 3.8) is 0 Å². The molecule has 12 heteroatoms. The number of hydrogen-bond donors (Lipinski definition) is 3. The Kier molecular flexibility index (Phi) is 7.26. The summed E-state index contributed by atoms with van der Waals surface area (Å²) in [5.74, 6) is -4.61. The lowest BCUT2D eigenvalue weighted by molar-refractivity contribution is -0.139. The molecule has 1 aliphatic rings. The fourth-order valence-electron chi connectivity index (χ4n) is 5.26. The maximum atomic E-state index is 13.5. The van der Waals surface area contributed by atoms with Crippen molar-refractivity contribution in [1.82, 2.24) is 24.8 Å². The number of benzene rings is 2. The molecule has 2 aromatic heterocycles. The quantitative estimate of drug-likeness (QED) is 0.289. The van der Waals surface area contributed by atoms with Crippen LogP contribution in [0, 0.1) is 18.6 Å². The third-order valence-corrected chi connectivity index (χ3v) is 7.14. The van der Waals surface area contributed by atoms with Gasteiger partial charge in [-0.25, -0.2) is 23.1 Å². The van der Waals surface area contributed by atoms with E-state index < -0.39 is 29.5 Å². The summed E-state index contributed by atoms with van der Waals surface area (Å²) in [6.45, 7) is 1.51. The van der Waals surface area contributed by atoms with Gasteiger partial charge in [-0.15, -0.1) is 0 Å². The molecular formula is C28H25F2N5O5. The largest absolute Gasteiger partial charge is 0.480 e. The fraction of sp³-hybridized carbons (Fsp3) is 0.250. The minimum atomic E-state index is -1.04. The zero-order valence-electron chi connectivity index (χ0n) is 21.4. The Morgan fingerprint density at radius 3 is 2.62 bits per heavy atom. The average molecular weight is 550 g/mol. The van der Waals surface area contributed by atoms with Crippen LogP contribution in [0.2, 0.25) is 0 Å². The predicted octanol–water partition coefficient (Wildman–Crippen LogP) is 3.52. The molecule has 5 rings (SSSR count). The minimum Gasteiger partial charge on any atom is -0.480 e. The van der Waals surface area contributed by atoms with E-state index in [1.165, 1.54) is 22.8 Å². The van der Waals surface area contributed by atoms with E-state index in [9.17, 15) is 33.4 Å². The first kappa shape index (κ1) is 26.9. The Morgan fingerprint density at radius 1 is 1.10 bits per heavy atom. The Hall–Kier alpha value is -4.71. The second-order valence-electron chi connectivity index (χ2n) is 9.63. The van der Waals surface area contributed by atoms with Gasteiger partial charge in [0.25, 0.3) is 5.91 Å². The average Bonchev–Trinajstić information content (AvgIpc) is 3.56. The lowest BCUT2D eigenvalue weighted by atomic mass is 9.97. The summed E-state index contributed by atoms with van der Waals surface area (Å²) in [7, 11) is 0. The third kappa shape index (κ3) is 5.25. The summed E-state index contributed by atoms with van der Waals surface area (Å²) in [4.78, 5) is 42.5. The first-order valence-corrected chi connectivity index (χ1v) is 12.5. The zero-order valence-corrected chi connectivity index (χ0v) is 21.4.